The maximum atomic E-state index is 8.44. The van der Waals surface area contributed by atoms with Crippen molar-refractivity contribution >= 4 is 5.82 Å². The summed E-state index contributed by atoms with van der Waals surface area (Å²) in [5.41, 5.74) is 0. The molecule has 0 fully saturated rings. The maximum absolute atomic E-state index is 8.44. The van der Waals surface area contributed by atoms with E-state index in [0.29, 0.717) is 5.82 Å². The van der Waals surface area contributed by atoms with Gasteiger partial charge >= 0.3 is 0 Å². The zero-order valence-electron chi connectivity index (χ0n) is 4.65. The molecule has 1 heterocycles. The Labute approximate surface area is 52.2 Å². The van der Waals surface area contributed by atoms with Crippen molar-refractivity contribution in [2.24, 2.45) is 0 Å². The second-order valence-corrected chi connectivity index (χ2v) is 1.47. The highest BCUT2D eigenvalue weighted by Crippen LogP contribution is 2.04. The molecular weight excluding hydrogens is 118 g/mol. The predicted molar refractivity (Wildman–Crippen MR) is 30.7 cm³/mol. The van der Waals surface area contributed by atoms with Crippen LogP contribution in [-0.2, 0) is 6.73 Å². The van der Waals surface area contributed by atoms with E-state index in [9.17, 15) is 0 Å². The van der Waals surface area contributed by atoms with Gasteiger partial charge in [-0.15, -0.1) is 0 Å². The predicted octanol–water partition coefficient (Wildman–Crippen LogP) is 0.384. The average molecular weight is 123 g/mol. The van der Waals surface area contributed by atoms with Crippen molar-refractivity contribution in [2.75, 3.05) is 0 Å². The van der Waals surface area contributed by atoms with Gasteiger partial charge in [-0.1, -0.05) is 6.57 Å². The van der Waals surface area contributed by atoms with Gasteiger partial charge in [0.2, 0.25) is 0 Å². The van der Waals surface area contributed by atoms with Crippen molar-refractivity contribution in [3.63, 3.8) is 0 Å². The highest BCUT2D eigenvalue weighted by molar-refractivity contribution is 5.32. The van der Waals surface area contributed by atoms with E-state index >= 15 is 0 Å². The van der Waals surface area contributed by atoms with Crippen LogP contribution in [0.2, 0.25) is 0 Å². The van der Waals surface area contributed by atoms with Crippen LogP contribution in [0.15, 0.2) is 12.3 Å². The first kappa shape index (κ1) is 5.79. The Morgan fingerprint density at radius 1 is 1.89 bits per heavy atom. The number of aliphatic hydroxyl groups excluding tert-OH is 1. The molecule has 4 nitrogen and oxygen atoms in total. The van der Waals surface area contributed by atoms with Gasteiger partial charge in [-0.05, 0) is 11.2 Å². The summed E-state index contributed by atoms with van der Waals surface area (Å²) in [5, 5.41) is 12.1. The minimum Gasteiger partial charge on any atom is -0.372 e. The minimum absolute atomic E-state index is 0.171. The molecule has 0 aliphatic rings. The second-order valence-electron chi connectivity index (χ2n) is 1.47. The van der Waals surface area contributed by atoms with E-state index in [1.54, 1.807) is 12.3 Å². The minimum atomic E-state index is -0.171. The van der Waals surface area contributed by atoms with Crippen LogP contribution in [0.1, 0.15) is 0 Å². The monoisotopic (exact) mass is 123 g/mol. The molecule has 0 aromatic carbocycles. The fourth-order valence-corrected chi connectivity index (χ4v) is 0.489. The Morgan fingerprint density at radius 3 is 3.00 bits per heavy atom. The summed E-state index contributed by atoms with van der Waals surface area (Å²) in [5.74, 6) is 0.309. The number of nitrogens with zero attached hydrogens (tertiary/aromatic N) is 3. The standard InChI is InChI=1S/C5H5N3O/c1-6-5-2-3-8(4-9)7-5/h2-3,9H,4H2. The lowest BCUT2D eigenvalue weighted by atomic mass is 10.7. The fraction of sp³-hybridized carbons (Fsp3) is 0.200. The number of hydrogen-bond donors (Lipinski definition) is 1. The summed E-state index contributed by atoms with van der Waals surface area (Å²) in [6.07, 6.45) is 1.55. The van der Waals surface area contributed by atoms with Crippen molar-refractivity contribution in [1.82, 2.24) is 9.78 Å². The smallest absolute Gasteiger partial charge is 0.295 e. The van der Waals surface area contributed by atoms with Crippen LogP contribution in [0.3, 0.4) is 0 Å². The molecule has 4 heteroatoms. The van der Waals surface area contributed by atoms with Crippen LogP contribution < -0.4 is 0 Å². The Morgan fingerprint density at radius 2 is 2.67 bits per heavy atom. The van der Waals surface area contributed by atoms with E-state index in [2.05, 4.69) is 9.94 Å². The van der Waals surface area contributed by atoms with Crippen molar-refractivity contribution in [1.29, 1.82) is 0 Å². The van der Waals surface area contributed by atoms with Crippen LogP contribution in [0, 0.1) is 6.57 Å². The molecule has 0 aliphatic carbocycles. The lowest BCUT2D eigenvalue weighted by molar-refractivity contribution is 0.195. The topological polar surface area (TPSA) is 42.4 Å². The van der Waals surface area contributed by atoms with Crippen molar-refractivity contribution in [3.8, 4) is 0 Å². The summed E-state index contributed by atoms with van der Waals surface area (Å²) in [6.45, 7) is 6.33. The van der Waals surface area contributed by atoms with Gasteiger partial charge in [0.25, 0.3) is 5.82 Å². The molecular formula is C5H5N3O. The van der Waals surface area contributed by atoms with Gasteiger partial charge in [-0.2, -0.15) is 4.68 Å². The normalized spacial score (nSPS) is 8.89. The molecule has 1 aromatic rings. The zero-order chi connectivity index (χ0) is 6.69. The fourth-order valence-electron chi connectivity index (χ4n) is 0.489. The lowest BCUT2D eigenvalue weighted by Crippen LogP contribution is -1.94. The summed E-state index contributed by atoms with van der Waals surface area (Å²) in [6, 6.07) is 1.54. The average Bonchev–Trinajstić information content (AvgIpc) is 2.34. The zero-order valence-corrected chi connectivity index (χ0v) is 4.65. The summed E-state index contributed by atoms with van der Waals surface area (Å²) < 4.78 is 1.29. The molecule has 0 saturated heterocycles. The molecule has 0 aliphatic heterocycles. The molecule has 9 heavy (non-hydrogen) atoms. The van der Waals surface area contributed by atoms with Gasteiger partial charge in [0, 0.05) is 6.20 Å². The molecule has 46 valence electrons. The van der Waals surface area contributed by atoms with Crippen LogP contribution in [-0.4, -0.2) is 14.9 Å². The molecule has 0 saturated carbocycles. The van der Waals surface area contributed by atoms with Gasteiger partial charge < -0.3 is 9.95 Å². The Balaban J connectivity index is 2.90. The Kier molecular flexibility index (Phi) is 1.47. The Hall–Kier alpha value is -1.34. The quantitative estimate of drug-likeness (QED) is 0.548. The van der Waals surface area contributed by atoms with Crippen molar-refractivity contribution in [3.05, 3.63) is 23.7 Å². The highest BCUT2D eigenvalue weighted by atomic mass is 16.3. The Bertz CT molecular complexity index is 235. The van der Waals surface area contributed by atoms with Gasteiger partial charge in [0.05, 0.1) is 0 Å². The lowest BCUT2D eigenvalue weighted by Gasteiger charge is -1.82. The van der Waals surface area contributed by atoms with E-state index in [4.69, 9.17) is 11.7 Å². The van der Waals surface area contributed by atoms with E-state index in [0.717, 1.165) is 0 Å². The molecule has 0 bridgehead atoms. The molecule has 1 N–H and O–H groups in total. The SMILES string of the molecule is [C-]#[N+]c1ccn(CO)n1. The molecule has 0 radical (unpaired) electrons. The first-order valence-electron chi connectivity index (χ1n) is 2.38. The van der Waals surface area contributed by atoms with Crippen LogP contribution in [0.5, 0.6) is 0 Å². The molecule has 0 unspecified atom stereocenters. The van der Waals surface area contributed by atoms with Crippen molar-refractivity contribution in [2.45, 2.75) is 6.73 Å². The molecule has 0 amide bonds. The van der Waals surface area contributed by atoms with Gasteiger partial charge in [-0.25, -0.2) is 0 Å². The van der Waals surface area contributed by atoms with Gasteiger partial charge in [0.1, 0.15) is 0 Å². The van der Waals surface area contributed by atoms with Gasteiger partial charge in [-0.3, -0.25) is 0 Å². The van der Waals surface area contributed by atoms with Crippen molar-refractivity contribution < 1.29 is 5.11 Å². The van der Waals surface area contributed by atoms with Crippen LogP contribution >= 0.6 is 0 Å². The molecule has 0 atom stereocenters. The largest absolute Gasteiger partial charge is 0.372 e. The first-order chi connectivity index (χ1) is 4.36. The van der Waals surface area contributed by atoms with Crippen LogP contribution in [0.4, 0.5) is 5.82 Å². The van der Waals surface area contributed by atoms with E-state index < -0.39 is 0 Å². The summed E-state index contributed by atoms with van der Waals surface area (Å²) in [7, 11) is 0. The molecule has 1 rings (SSSR count). The maximum Gasteiger partial charge on any atom is 0.295 e. The summed E-state index contributed by atoms with van der Waals surface area (Å²) in [4.78, 5) is 3.05. The second kappa shape index (κ2) is 2.29. The van der Waals surface area contributed by atoms with E-state index in [1.807, 2.05) is 0 Å². The first-order valence-corrected chi connectivity index (χ1v) is 2.38. The van der Waals surface area contributed by atoms with Crippen LogP contribution in [0.25, 0.3) is 4.85 Å². The molecule has 0 spiro atoms. The number of aliphatic hydroxyl groups is 1. The number of rotatable bonds is 1. The van der Waals surface area contributed by atoms with E-state index in [-0.39, 0.29) is 6.73 Å². The third kappa shape index (κ3) is 1.06. The number of aromatic nitrogens is 2. The highest BCUT2D eigenvalue weighted by Gasteiger charge is 1.95. The van der Waals surface area contributed by atoms with Gasteiger partial charge in [0.15, 0.2) is 6.73 Å². The third-order valence-corrected chi connectivity index (χ3v) is 0.886. The third-order valence-electron chi connectivity index (χ3n) is 0.886. The number of hydrogen-bond acceptors (Lipinski definition) is 2. The molecule has 1 aromatic heterocycles. The van der Waals surface area contributed by atoms with E-state index in [1.165, 1.54) is 4.68 Å². The summed E-state index contributed by atoms with van der Waals surface area (Å²) >= 11 is 0.